The minimum absolute atomic E-state index is 0.0760. The van der Waals surface area contributed by atoms with Crippen molar-refractivity contribution in [2.75, 3.05) is 5.32 Å². The fraction of sp³-hybridized carbons (Fsp3) is 0. The lowest BCUT2D eigenvalue weighted by Gasteiger charge is -2.06. The molecule has 9 heteroatoms. The van der Waals surface area contributed by atoms with Crippen molar-refractivity contribution in [2.24, 2.45) is 0 Å². The Morgan fingerprint density at radius 2 is 1.97 bits per heavy atom. The van der Waals surface area contributed by atoms with Crippen molar-refractivity contribution >= 4 is 46.6 Å². The van der Waals surface area contributed by atoms with E-state index >= 15 is 0 Å². The monoisotopic (exact) mass is 427 g/mol. The van der Waals surface area contributed by atoms with E-state index < -0.39 is 10.8 Å². The lowest BCUT2D eigenvalue weighted by atomic mass is 10.1. The molecule has 144 valence electrons. The predicted octanol–water partition coefficient (Wildman–Crippen LogP) is 5.71. The Balaban J connectivity index is 1.83. The number of rotatable bonds is 5. The molecule has 3 aromatic rings. The molecule has 0 aliphatic rings. The van der Waals surface area contributed by atoms with Gasteiger partial charge in [-0.25, -0.2) is 0 Å². The number of non-ortho nitro benzene ring substituents is 1. The number of carbonyl (C=O) groups is 1. The van der Waals surface area contributed by atoms with E-state index in [-0.39, 0.29) is 22.0 Å². The standard InChI is InChI=1S/C20H11Cl2N3O4/c21-14-4-6-18(17(22)10-14)24-20(26)13(11-23)9-16-5-7-19(29-16)12-2-1-3-15(8-12)25(27)28/h1-10H,(H,24,26)/b13-9+. The van der Waals surface area contributed by atoms with Crippen LogP contribution in [-0.4, -0.2) is 10.8 Å². The highest BCUT2D eigenvalue weighted by atomic mass is 35.5. The highest BCUT2D eigenvalue weighted by Gasteiger charge is 2.14. The number of anilines is 1. The fourth-order valence-electron chi connectivity index (χ4n) is 2.43. The highest BCUT2D eigenvalue weighted by Crippen LogP contribution is 2.28. The van der Waals surface area contributed by atoms with Crippen LogP contribution in [0.2, 0.25) is 10.0 Å². The van der Waals surface area contributed by atoms with Gasteiger partial charge in [0.05, 0.1) is 15.6 Å². The van der Waals surface area contributed by atoms with Gasteiger partial charge < -0.3 is 9.73 Å². The van der Waals surface area contributed by atoms with Gasteiger partial charge in [0.2, 0.25) is 0 Å². The Morgan fingerprint density at radius 3 is 2.66 bits per heavy atom. The molecule has 7 nitrogen and oxygen atoms in total. The van der Waals surface area contributed by atoms with E-state index in [2.05, 4.69) is 5.32 Å². The normalized spacial score (nSPS) is 11.0. The highest BCUT2D eigenvalue weighted by molar-refractivity contribution is 6.36. The third kappa shape index (κ3) is 4.82. The molecule has 0 aliphatic heterocycles. The van der Waals surface area contributed by atoms with E-state index in [1.54, 1.807) is 30.3 Å². The molecule has 1 heterocycles. The Bertz CT molecular complexity index is 1180. The van der Waals surface area contributed by atoms with Gasteiger partial charge in [-0.05, 0) is 30.3 Å². The molecular formula is C20H11Cl2N3O4. The molecule has 1 N–H and O–H groups in total. The van der Waals surface area contributed by atoms with Crippen molar-refractivity contribution in [1.29, 1.82) is 5.26 Å². The first-order chi connectivity index (χ1) is 13.9. The summed E-state index contributed by atoms with van der Waals surface area (Å²) in [4.78, 5) is 22.8. The number of furan rings is 1. The van der Waals surface area contributed by atoms with Gasteiger partial charge in [-0.15, -0.1) is 0 Å². The van der Waals surface area contributed by atoms with E-state index in [0.717, 1.165) is 0 Å². The lowest BCUT2D eigenvalue weighted by molar-refractivity contribution is -0.384. The average molecular weight is 428 g/mol. The molecule has 0 atom stereocenters. The molecule has 1 amide bonds. The molecule has 2 aromatic carbocycles. The van der Waals surface area contributed by atoms with Crippen LogP contribution < -0.4 is 5.32 Å². The first-order valence-electron chi connectivity index (χ1n) is 8.10. The van der Waals surface area contributed by atoms with Crippen molar-refractivity contribution in [3.63, 3.8) is 0 Å². The number of halogens is 2. The van der Waals surface area contributed by atoms with Crippen LogP contribution >= 0.6 is 23.2 Å². The second kappa shape index (κ2) is 8.61. The number of carbonyl (C=O) groups excluding carboxylic acids is 1. The van der Waals surface area contributed by atoms with E-state index in [9.17, 15) is 20.2 Å². The predicted molar refractivity (Wildman–Crippen MR) is 109 cm³/mol. The van der Waals surface area contributed by atoms with Crippen LogP contribution in [0.1, 0.15) is 5.76 Å². The van der Waals surface area contributed by atoms with Gasteiger partial charge >= 0.3 is 0 Å². The van der Waals surface area contributed by atoms with E-state index in [1.807, 2.05) is 0 Å². The minimum Gasteiger partial charge on any atom is -0.457 e. The van der Waals surface area contributed by atoms with Crippen molar-refractivity contribution < 1.29 is 14.1 Å². The molecule has 29 heavy (non-hydrogen) atoms. The van der Waals surface area contributed by atoms with Crippen LogP contribution in [0.4, 0.5) is 11.4 Å². The molecule has 0 saturated carbocycles. The first-order valence-corrected chi connectivity index (χ1v) is 8.86. The molecule has 3 rings (SSSR count). The second-order valence-electron chi connectivity index (χ2n) is 5.76. The molecule has 0 bridgehead atoms. The number of benzene rings is 2. The maximum atomic E-state index is 12.4. The average Bonchev–Trinajstić information content (AvgIpc) is 3.17. The summed E-state index contributed by atoms with van der Waals surface area (Å²) in [7, 11) is 0. The van der Waals surface area contributed by atoms with Gasteiger partial charge in [-0.3, -0.25) is 14.9 Å². The summed E-state index contributed by atoms with van der Waals surface area (Å²) in [5.74, 6) is -0.0798. The number of nitro benzene ring substituents is 1. The van der Waals surface area contributed by atoms with Crippen LogP contribution in [0.3, 0.4) is 0 Å². The summed E-state index contributed by atoms with van der Waals surface area (Å²) in [6.45, 7) is 0. The third-order valence-corrected chi connectivity index (χ3v) is 4.35. The number of nitrogens with zero attached hydrogens (tertiary/aromatic N) is 2. The molecule has 0 saturated heterocycles. The summed E-state index contributed by atoms with van der Waals surface area (Å²) < 4.78 is 5.60. The minimum atomic E-state index is -0.676. The zero-order chi connectivity index (χ0) is 21.0. The summed E-state index contributed by atoms with van der Waals surface area (Å²) >= 11 is 11.8. The van der Waals surface area contributed by atoms with E-state index in [1.165, 1.54) is 36.4 Å². The second-order valence-corrected chi connectivity index (χ2v) is 6.60. The molecule has 0 spiro atoms. The summed E-state index contributed by atoms with van der Waals surface area (Å²) in [5.41, 5.74) is 0.512. The van der Waals surface area contributed by atoms with Gasteiger partial charge in [0.25, 0.3) is 11.6 Å². The van der Waals surface area contributed by atoms with Gasteiger partial charge in [0, 0.05) is 28.8 Å². The lowest BCUT2D eigenvalue weighted by Crippen LogP contribution is -2.13. The maximum absolute atomic E-state index is 12.4. The quantitative estimate of drug-likeness (QED) is 0.242. The molecular weight excluding hydrogens is 417 g/mol. The van der Waals surface area contributed by atoms with Crippen LogP contribution in [0.15, 0.2) is 64.6 Å². The van der Waals surface area contributed by atoms with Crippen LogP contribution in [0.25, 0.3) is 17.4 Å². The summed E-state index contributed by atoms with van der Waals surface area (Å²) in [6.07, 6.45) is 1.26. The molecule has 0 unspecified atom stereocenters. The number of hydrogen-bond acceptors (Lipinski definition) is 5. The fourth-order valence-corrected chi connectivity index (χ4v) is 2.89. The van der Waals surface area contributed by atoms with Gasteiger partial charge in [-0.1, -0.05) is 35.3 Å². The Labute approximate surface area is 174 Å². The van der Waals surface area contributed by atoms with Crippen LogP contribution in [-0.2, 0) is 4.79 Å². The van der Waals surface area contributed by atoms with Crippen molar-refractivity contribution in [3.8, 4) is 17.4 Å². The van der Waals surface area contributed by atoms with Gasteiger partial charge in [-0.2, -0.15) is 5.26 Å². The smallest absolute Gasteiger partial charge is 0.270 e. The van der Waals surface area contributed by atoms with E-state index in [4.69, 9.17) is 27.6 Å². The number of hydrogen-bond donors (Lipinski definition) is 1. The summed E-state index contributed by atoms with van der Waals surface area (Å²) in [5, 5.41) is 23.4. The zero-order valence-electron chi connectivity index (χ0n) is 14.6. The topological polar surface area (TPSA) is 109 Å². The number of nitro groups is 1. The van der Waals surface area contributed by atoms with Gasteiger partial charge in [0.15, 0.2) is 0 Å². The third-order valence-electron chi connectivity index (χ3n) is 3.80. The largest absolute Gasteiger partial charge is 0.457 e. The Hall–Kier alpha value is -3.60. The van der Waals surface area contributed by atoms with Crippen molar-refractivity contribution in [2.45, 2.75) is 0 Å². The SMILES string of the molecule is N#C/C(=C\c1ccc(-c2cccc([N+](=O)[O-])c2)o1)C(=O)Nc1ccc(Cl)cc1Cl. The number of nitrogens with one attached hydrogen (secondary N) is 1. The molecule has 0 radical (unpaired) electrons. The first kappa shape index (κ1) is 20.1. The van der Waals surface area contributed by atoms with Crippen molar-refractivity contribution in [1.82, 2.24) is 0 Å². The zero-order valence-corrected chi connectivity index (χ0v) is 16.1. The van der Waals surface area contributed by atoms with Gasteiger partial charge in [0.1, 0.15) is 23.2 Å². The molecule has 0 fully saturated rings. The Kier molecular flexibility index (Phi) is 5.98. The number of nitriles is 1. The van der Waals surface area contributed by atoms with E-state index in [0.29, 0.717) is 22.0 Å². The maximum Gasteiger partial charge on any atom is 0.270 e. The number of amides is 1. The summed E-state index contributed by atoms with van der Waals surface area (Å²) in [6, 6.07) is 15.4. The van der Waals surface area contributed by atoms with Crippen molar-refractivity contribution in [3.05, 3.63) is 86.1 Å². The molecule has 1 aromatic heterocycles. The van der Waals surface area contributed by atoms with Crippen LogP contribution in [0.5, 0.6) is 0 Å². The van der Waals surface area contributed by atoms with Crippen LogP contribution in [0, 0.1) is 21.4 Å². The Morgan fingerprint density at radius 1 is 1.17 bits per heavy atom. The molecule has 0 aliphatic carbocycles.